The van der Waals surface area contributed by atoms with Crippen LogP contribution in [-0.2, 0) is 0 Å². The van der Waals surface area contributed by atoms with Crippen molar-refractivity contribution in [3.63, 3.8) is 0 Å². The Kier molecular flexibility index (Phi) is 3.47. The molecule has 1 amide bonds. The molecule has 0 aliphatic rings. The Labute approximate surface area is 156 Å². The van der Waals surface area contributed by atoms with Crippen molar-refractivity contribution >= 4 is 39.7 Å². The highest BCUT2D eigenvalue weighted by atomic mass is 32.1. The molecule has 1 aromatic carbocycles. The van der Waals surface area contributed by atoms with Gasteiger partial charge in [-0.05, 0) is 42.6 Å². The number of aromatic amines is 1. The molecule has 0 fully saturated rings. The van der Waals surface area contributed by atoms with Gasteiger partial charge in [-0.25, -0.2) is 14.5 Å². The lowest BCUT2D eigenvalue weighted by Crippen LogP contribution is -2.14. The van der Waals surface area contributed by atoms with E-state index in [0.29, 0.717) is 11.5 Å². The Morgan fingerprint density at radius 2 is 2.15 bits per heavy atom. The Morgan fingerprint density at radius 3 is 2.96 bits per heavy atom. The summed E-state index contributed by atoms with van der Waals surface area (Å²) in [6, 6.07) is 11.3. The van der Waals surface area contributed by atoms with Crippen molar-refractivity contribution in [3.8, 4) is 10.7 Å². The monoisotopic (exact) mass is 375 g/mol. The van der Waals surface area contributed by atoms with Gasteiger partial charge in [0.05, 0.1) is 15.9 Å². The summed E-state index contributed by atoms with van der Waals surface area (Å²) in [5, 5.41) is 9.05. The topological polar surface area (TPSA) is 101 Å². The Bertz CT molecular complexity index is 1290. The number of carbonyl (C=O) groups excluding carboxylic acids is 1. The van der Waals surface area contributed by atoms with E-state index >= 15 is 0 Å². The highest BCUT2D eigenvalue weighted by molar-refractivity contribution is 7.13. The number of aromatic nitrogens is 6. The smallest absolute Gasteiger partial charge is 0.295 e. The van der Waals surface area contributed by atoms with Gasteiger partial charge in [0, 0.05) is 17.6 Å². The average molecular weight is 375 g/mol. The molecule has 0 saturated carbocycles. The van der Waals surface area contributed by atoms with Crippen LogP contribution in [0.3, 0.4) is 0 Å². The number of fused-ring (bicyclic) bond motifs is 2. The summed E-state index contributed by atoms with van der Waals surface area (Å²) >= 11 is 1.62. The normalized spacial score (nSPS) is 11.3. The van der Waals surface area contributed by atoms with Crippen LogP contribution in [0.2, 0.25) is 0 Å². The van der Waals surface area contributed by atoms with Crippen LogP contribution < -0.4 is 5.32 Å². The van der Waals surface area contributed by atoms with Gasteiger partial charge in [-0.1, -0.05) is 6.07 Å². The SMILES string of the molecule is Cc1ccnc2nc(C(=O)Nc3ccc4nc(-c5cccs5)[nH]c4c3)nn12. The maximum atomic E-state index is 12.5. The molecule has 0 bridgehead atoms. The van der Waals surface area contributed by atoms with Crippen LogP contribution in [-0.4, -0.2) is 35.5 Å². The molecule has 0 atom stereocenters. The molecule has 5 rings (SSSR count). The third-order valence-corrected chi connectivity index (χ3v) is 5.00. The number of amides is 1. The molecule has 8 nitrogen and oxygen atoms in total. The molecule has 132 valence electrons. The summed E-state index contributed by atoms with van der Waals surface area (Å²) in [5.41, 5.74) is 3.17. The maximum absolute atomic E-state index is 12.5. The number of anilines is 1. The second-order valence-electron chi connectivity index (χ2n) is 5.98. The van der Waals surface area contributed by atoms with Gasteiger partial charge in [0.1, 0.15) is 5.82 Å². The fraction of sp³-hybridized carbons (Fsp3) is 0.0556. The minimum Gasteiger partial charge on any atom is -0.337 e. The van der Waals surface area contributed by atoms with Crippen molar-refractivity contribution in [1.29, 1.82) is 0 Å². The molecule has 0 saturated heterocycles. The van der Waals surface area contributed by atoms with Gasteiger partial charge < -0.3 is 10.3 Å². The summed E-state index contributed by atoms with van der Waals surface area (Å²) < 4.78 is 1.54. The lowest BCUT2D eigenvalue weighted by atomic mass is 10.2. The summed E-state index contributed by atoms with van der Waals surface area (Å²) in [6.45, 7) is 1.88. The van der Waals surface area contributed by atoms with E-state index in [9.17, 15) is 4.79 Å². The van der Waals surface area contributed by atoms with Crippen molar-refractivity contribution in [2.24, 2.45) is 0 Å². The van der Waals surface area contributed by atoms with E-state index in [0.717, 1.165) is 27.4 Å². The Hall–Kier alpha value is -3.59. The van der Waals surface area contributed by atoms with E-state index < -0.39 is 5.91 Å². The number of aryl methyl sites for hydroxylation is 1. The van der Waals surface area contributed by atoms with E-state index in [1.807, 2.05) is 36.6 Å². The maximum Gasteiger partial charge on any atom is 0.295 e. The van der Waals surface area contributed by atoms with Gasteiger partial charge in [-0.3, -0.25) is 4.79 Å². The molecule has 0 aliphatic heterocycles. The highest BCUT2D eigenvalue weighted by Crippen LogP contribution is 2.26. The molecule has 0 unspecified atom stereocenters. The number of rotatable bonds is 3. The first-order chi connectivity index (χ1) is 13.2. The number of nitrogens with zero attached hydrogens (tertiary/aromatic N) is 5. The summed E-state index contributed by atoms with van der Waals surface area (Å²) in [5.74, 6) is 0.884. The third kappa shape index (κ3) is 2.74. The van der Waals surface area contributed by atoms with Crippen LogP contribution in [0, 0.1) is 6.92 Å². The molecule has 4 aromatic heterocycles. The number of carbonyl (C=O) groups is 1. The minimum atomic E-state index is -0.391. The van der Waals surface area contributed by atoms with Gasteiger partial charge in [0.15, 0.2) is 0 Å². The highest BCUT2D eigenvalue weighted by Gasteiger charge is 2.15. The zero-order valence-corrected chi connectivity index (χ0v) is 15.0. The quantitative estimate of drug-likeness (QED) is 0.504. The molecule has 2 N–H and O–H groups in total. The van der Waals surface area contributed by atoms with Gasteiger partial charge >= 0.3 is 0 Å². The van der Waals surface area contributed by atoms with E-state index in [1.165, 1.54) is 0 Å². The van der Waals surface area contributed by atoms with E-state index in [2.05, 4.69) is 30.4 Å². The molecule has 9 heteroatoms. The molecule has 0 aliphatic carbocycles. The average Bonchev–Trinajstić information content (AvgIpc) is 3.40. The molecule has 0 spiro atoms. The zero-order valence-electron chi connectivity index (χ0n) is 14.2. The molecule has 0 radical (unpaired) electrons. The van der Waals surface area contributed by atoms with E-state index in [-0.39, 0.29) is 5.82 Å². The van der Waals surface area contributed by atoms with Crippen molar-refractivity contribution in [2.45, 2.75) is 6.92 Å². The second kappa shape index (κ2) is 5.99. The molecule has 27 heavy (non-hydrogen) atoms. The number of hydrogen-bond acceptors (Lipinski definition) is 6. The standard InChI is InChI=1S/C18H13N7OS/c1-10-6-7-19-18-23-16(24-25(10)18)17(26)20-11-4-5-12-13(9-11)22-15(21-12)14-3-2-8-27-14/h2-9H,1H3,(H,20,26)(H,21,22). The van der Waals surface area contributed by atoms with Crippen molar-refractivity contribution in [3.05, 3.63) is 59.5 Å². The Balaban J connectivity index is 1.44. The summed E-state index contributed by atoms with van der Waals surface area (Å²) in [6.07, 6.45) is 1.64. The van der Waals surface area contributed by atoms with Crippen LogP contribution >= 0.6 is 11.3 Å². The van der Waals surface area contributed by atoms with Crippen LogP contribution in [0.15, 0.2) is 48.0 Å². The van der Waals surface area contributed by atoms with Gasteiger partial charge in [0.2, 0.25) is 5.82 Å². The number of H-pyrrole nitrogens is 1. The largest absolute Gasteiger partial charge is 0.337 e. The lowest BCUT2D eigenvalue weighted by molar-refractivity contribution is 0.101. The molecule has 4 heterocycles. The first-order valence-corrected chi connectivity index (χ1v) is 9.09. The third-order valence-electron chi connectivity index (χ3n) is 4.13. The van der Waals surface area contributed by atoms with E-state index in [4.69, 9.17) is 0 Å². The lowest BCUT2D eigenvalue weighted by Gasteiger charge is -2.01. The first kappa shape index (κ1) is 15.6. The number of imidazole rings is 1. The zero-order chi connectivity index (χ0) is 18.4. The van der Waals surface area contributed by atoms with E-state index in [1.54, 1.807) is 34.2 Å². The summed E-state index contributed by atoms with van der Waals surface area (Å²) in [7, 11) is 0. The Morgan fingerprint density at radius 1 is 1.22 bits per heavy atom. The number of thiophene rings is 1. The molecular weight excluding hydrogens is 362 g/mol. The predicted molar refractivity (Wildman–Crippen MR) is 103 cm³/mol. The minimum absolute atomic E-state index is 0.0702. The van der Waals surface area contributed by atoms with Crippen molar-refractivity contribution in [1.82, 2.24) is 29.5 Å². The van der Waals surface area contributed by atoms with Crippen molar-refractivity contribution in [2.75, 3.05) is 5.32 Å². The number of hydrogen-bond donors (Lipinski definition) is 2. The molecule has 5 aromatic rings. The van der Waals surface area contributed by atoms with Crippen LogP contribution in [0.5, 0.6) is 0 Å². The van der Waals surface area contributed by atoms with Crippen molar-refractivity contribution < 1.29 is 4.79 Å². The number of nitrogens with one attached hydrogen (secondary N) is 2. The first-order valence-electron chi connectivity index (χ1n) is 8.21. The second-order valence-corrected chi connectivity index (χ2v) is 6.93. The van der Waals surface area contributed by atoms with Crippen LogP contribution in [0.25, 0.3) is 27.5 Å². The summed E-state index contributed by atoms with van der Waals surface area (Å²) in [4.78, 5) is 29.7. The molecular formula is C18H13N7OS. The number of benzene rings is 1. The fourth-order valence-electron chi connectivity index (χ4n) is 2.81. The fourth-order valence-corrected chi connectivity index (χ4v) is 3.48. The predicted octanol–water partition coefficient (Wildman–Crippen LogP) is 3.29. The van der Waals surface area contributed by atoms with Crippen LogP contribution in [0.4, 0.5) is 5.69 Å². The van der Waals surface area contributed by atoms with Gasteiger partial charge in [-0.2, -0.15) is 4.98 Å². The van der Waals surface area contributed by atoms with Gasteiger partial charge in [0.25, 0.3) is 11.7 Å². The van der Waals surface area contributed by atoms with Crippen LogP contribution in [0.1, 0.15) is 16.3 Å². The van der Waals surface area contributed by atoms with Gasteiger partial charge in [-0.15, -0.1) is 16.4 Å².